The summed E-state index contributed by atoms with van der Waals surface area (Å²) in [6, 6.07) is 29.8. The lowest BCUT2D eigenvalue weighted by Crippen LogP contribution is -2.38. The van der Waals surface area contributed by atoms with Crippen molar-refractivity contribution in [1.29, 1.82) is 0 Å². The maximum atomic E-state index is 10.3. The quantitative estimate of drug-likeness (QED) is 0.381. The Bertz CT molecular complexity index is 1010. The Kier molecular flexibility index (Phi) is 8.35. The summed E-state index contributed by atoms with van der Waals surface area (Å²) in [5, 5.41) is 13.8. The molecule has 3 aromatic rings. The van der Waals surface area contributed by atoms with Gasteiger partial charge in [0.1, 0.15) is 18.5 Å². The van der Waals surface area contributed by atoms with Gasteiger partial charge in [-0.3, -0.25) is 0 Å². The molecule has 3 nitrogen and oxygen atoms in total. The van der Waals surface area contributed by atoms with Crippen LogP contribution in [0.2, 0.25) is 0 Å². The van der Waals surface area contributed by atoms with Crippen LogP contribution in [0.5, 0.6) is 5.75 Å². The Morgan fingerprint density at radius 3 is 2.03 bits per heavy atom. The largest absolute Gasteiger partial charge is 0.491 e. The Morgan fingerprint density at radius 1 is 0.818 bits per heavy atom. The van der Waals surface area contributed by atoms with Crippen molar-refractivity contribution < 1.29 is 9.84 Å². The molecule has 2 N–H and O–H groups in total. The first-order valence-electron chi connectivity index (χ1n) is 12.2. The fraction of sp³-hybridized carbons (Fsp3) is 0.333. The first kappa shape index (κ1) is 23.3. The van der Waals surface area contributed by atoms with Crippen LogP contribution in [0, 0.1) is 0 Å². The smallest absolute Gasteiger partial charge is 0.119 e. The van der Waals surface area contributed by atoms with Crippen molar-refractivity contribution in [3.05, 3.63) is 102 Å². The molecule has 33 heavy (non-hydrogen) atoms. The molecule has 0 aliphatic heterocycles. The van der Waals surface area contributed by atoms with Gasteiger partial charge < -0.3 is 15.2 Å². The lowest BCUT2D eigenvalue weighted by Gasteiger charge is -2.24. The molecular formula is C30H35NO2. The van der Waals surface area contributed by atoms with Crippen LogP contribution in [0.4, 0.5) is 0 Å². The highest BCUT2D eigenvalue weighted by Crippen LogP contribution is 2.32. The predicted molar refractivity (Wildman–Crippen MR) is 137 cm³/mol. The average Bonchev–Trinajstić information content (AvgIpc) is 2.89. The van der Waals surface area contributed by atoms with E-state index in [-0.39, 0.29) is 0 Å². The Labute approximate surface area is 198 Å². The zero-order valence-corrected chi connectivity index (χ0v) is 19.5. The van der Waals surface area contributed by atoms with Crippen molar-refractivity contribution in [2.45, 2.75) is 51.2 Å². The van der Waals surface area contributed by atoms with Crippen molar-refractivity contribution >= 4 is 11.1 Å². The van der Waals surface area contributed by atoms with Crippen molar-refractivity contribution in [3.63, 3.8) is 0 Å². The molecule has 0 bridgehead atoms. The van der Waals surface area contributed by atoms with E-state index in [1.165, 1.54) is 54.4 Å². The first-order chi connectivity index (χ1) is 16.2. The molecule has 0 saturated heterocycles. The number of rotatable bonds is 9. The van der Waals surface area contributed by atoms with Crippen molar-refractivity contribution in [3.8, 4) is 5.75 Å². The van der Waals surface area contributed by atoms with E-state index in [1.807, 2.05) is 24.3 Å². The molecule has 0 amide bonds. The highest BCUT2D eigenvalue weighted by Gasteiger charge is 2.15. The third-order valence-corrected chi connectivity index (χ3v) is 6.48. The molecule has 1 aliphatic rings. The van der Waals surface area contributed by atoms with Crippen molar-refractivity contribution in [2.75, 3.05) is 13.2 Å². The van der Waals surface area contributed by atoms with Crippen molar-refractivity contribution in [1.82, 2.24) is 5.32 Å². The number of ether oxygens (including phenoxy) is 1. The van der Waals surface area contributed by atoms with Crippen LogP contribution >= 0.6 is 0 Å². The second-order valence-corrected chi connectivity index (χ2v) is 8.96. The minimum absolute atomic E-state index is 0.295. The van der Waals surface area contributed by atoms with Crippen LogP contribution in [0.3, 0.4) is 0 Å². The number of hydrogen-bond donors (Lipinski definition) is 2. The maximum Gasteiger partial charge on any atom is 0.119 e. The molecule has 0 aromatic heterocycles. The molecule has 0 radical (unpaired) electrons. The first-order valence-corrected chi connectivity index (χ1v) is 12.2. The number of aliphatic hydroxyl groups is 1. The summed E-state index contributed by atoms with van der Waals surface area (Å²) in [5.41, 5.74) is 6.00. The lowest BCUT2D eigenvalue weighted by atomic mass is 9.90. The molecule has 3 aromatic carbocycles. The van der Waals surface area contributed by atoms with E-state index in [9.17, 15) is 5.11 Å². The molecule has 0 heterocycles. The zero-order chi connectivity index (χ0) is 22.9. The summed E-state index contributed by atoms with van der Waals surface area (Å²) < 4.78 is 5.89. The molecule has 172 valence electrons. The van der Waals surface area contributed by atoms with Gasteiger partial charge in [-0.15, -0.1) is 0 Å². The SMILES string of the molecule is C/C(=C(/c1ccccc1)c1ccc(OCC(O)CNC2CCCCC2)cc1)c1ccccc1. The van der Waals surface area contributed by atoms with Gasteiger partial charge in [-0.2, -0.15) is 0 Å². The molecule has 1 aliphatic carbocycles. The van der Waals surface area contributed by atoms with E-state index < -0.39 is 6.10 Å². The monoisotopic (exact) mass is 441 g/mol. The van der Waals surface area contributed by atoms with Crippen LogP contribution in [0.1, 0.15) is 55.7 Å². The van der Waals surface area contributed by atoms with E-state index in [4.69, 9.17) is 4.74 Å². The van der Waals surface area contributed by atoms with Crippen LogP contribution in [0.25, 0.3) is 11.1 Å². The standard InChI is InChI=1S/C30H35NO2/c1-23(24-11-5-2-6-12-24)30(25-13-7-3-8-14-25)26-17-19-29(20-18-26)33-22-28(32)21-31-27-15-9-4-10-16-27/h2-3,5-8,11-14,17-20,27-28,31-32H,4,9-10,15-16,21-22H2,1H3/b30-23+. The average molecular weight is 442 g/mol. The Hall–Kier alpha value is -2.88. The van der Waals surface area contributed by atoms with E-state index in [2.05, 4.69) is 72.9 Å². The molecular weight excluding hydrogens is 406 g/mol. The zero-order valence-electron chi connectivity index (χ0n) is 19.5. The van der Waals surface area contributed by atoms with Gasteiger partial charge in [-0.1, -0.05) is 92.1 Å². The minimum Gasteiger partial charge on any atom is -0.491 e. The Morgan fingerprint density at radius 2 is 1.39 bits per heavy atom. The minimum atomic E-state index is -0.508. The second kappa shape index (κ2) is 11.8. The number of benzene rings is 3. The Balaban J connectivity index is 1.43. The molecule has 1 atom stereocenters. The maximum absolute atomic E-state index is 10.3. The van der Waals surface area contributed by atoms with Crippen LogP contribution in [0.15, 0.2) is 84.9 Å². The third kappa shape index (κ3) is 6.56. The van der Waals surface area contributed by atoms with Crippen LogP contribution < -0.4 is 10.1 Å². The van der Waals surface area contributed by atoms with Gasteiger partial charge in [0.15, 0.2) is 0 Å². The molecule has 0 spiro atoms. The van der Waals surface area contributed by atoms with Crippen LogP contribution in [-0.2, 0) is 0 Å². The summed E-state index contributed by atoms with van der Waals surface area (Å²) in [6.45, 7) is 3.06. The highest BCUT2D eigenvalue weighted by atomic mass is 16.5. The van der Waals surface area contributed by atoms with Gasteiger partial charge in [-0.25, -0.2) is 0 Å². The number of nitrogens with one attached hydrogen (secondary N) is 1. The lowest BCUT2D eigenvalue weighted by molar-refractivity contribution is 0.102. The van der Waals surface area contributed by atoms with Gasteiger partial charge in [0, 0.05) is 12.6 Å². The molecule has 1 fully saturated rings. The molecule has 1 saturated carbocycles. The summed E-state index contributed by atoms with van der Waals surface area (Å²) >= 11 is 0. The van der Waals surface area contributed by atoms with E-state index in [0.717, 1.165) is 11.3 Å². The fourth-order valence-electron chi connectivity index (χ4n) is 4.62. The van der Waals surface area contributed by atoms with Gasteiger partial charge >= 0.3 is 0 Å². The van der Waals surface area contributed by atoms with Gasteiger partial charge in [-0.05, 0) is 59.7 Å². The highest BCUT2D eigenvalue weighted by molar-refractivity contribution is 5.97. The topological polar surface area (TPSA) is 41.5 Å². The molecule has 4 rings (SSSR count). The summed E-state index contributed by atoms with van der Waals surface area (Å²) in [4.78, 5) is 0. The number of allylic oxidation sites excluding steroid dienone is 1. The van der Waals surface area contributed by atoms with Crippen molar-refractivity contribution in [2.24, 2.45) is 0 Å². The van der Waals surface area contributed by atoms with E-state index in [0.29, 0.717) is 19.2 Å². The van der Waals surface area contributed by atoms with Gasteiger partial charge in [0.2, 0.25) is 0 Å². The predicted octanol–water partition coefficient (Wildman–Crippen LogP) is 6.33. The molecule has 1 unspecified atom stereocenters. The number of hydrogen-bond acceptors (Lipinski definition) is 3. The summed E-state index contributed by atoms with van der Waals surface area (Å²) in [7, 11) is 0. The summed E-state index contributed by atoms with van der Waals surface area (Å²) in [5.74, 6) is 0.778. The van der Waals surface area contributed by atoms with E-state index in [1.54, 1.807) is 0 Å². The third-order valence-electron chi connectivity index (χ3n) is 6.48. The fourth-order valence-corrected chi connectivity index (χ4v) is 4.62. The van der Waals surface area contributed by atoms with Gasteiger partial charge in [0.25, 0.3) is 0 Å². The van der Waals surface area contributed by atoms with Gasteiger partial charge in [0.05, 0.1) is 0 Å². The number of aliphatic hydroxyl groups excluding tert-OH is 1. The normalized spacial score (nSPS) is 16.2. The second-order valence-electron chi connectivity index (χ2n) is 8.96. The van der Waals surface area contributed by atoms with Crippen LogP contribution in [-0.4, -0.2) is 30.4 Å². The summed E-state index contributed by atoms with van der Waals surface area (Å²) in [6.07, 6.45) is 5.85. The van der Waals surface area contributed by atoms with E-state index >= 15 is 0 Å². The molecule has 3 heteroatoms.